The lowest BCUT2D eigenvalue weighted by molar-refractivity contribution is 0.0951. The van der Waals surface area contributed by atoms with E-state index in [1.165, 1.54) is 6.42 Å². The summed E-state index contributed by atoms with van der Waals surface area (Å²) in [5.41, 5.74) is 3.94. The fourth-order valence-corrected chi connectivity index (χ4v) is 3.11. The first kappa shape index (κ1) is 22.4. The number of rotatable bonds is 6. The number of aromatic nitrogens is 3. The molecule has 0 radical (unpaired) electrons. The van der Waals surface area contributed by atoms with E-state index in [2.05, 4.69) is 25.2 Å². The van der Waals surface area contributed by atoms with Gasteiger partial charge in [-0.25, -0.2) is 4.98 Å². The van der Waals surface area contributed by atoms with Crippen molar-refractivity contribution in [1.82, 2.24) is 25.2 Å². The van der Waals surface area contributed by atoms with E-state index in [1.54, 1.807) is 6.20 Å². The average Bonchev–Trinajstić information content (AvgIpc) is 3.20. The zero-order valence-electron chi connectivity index (χ0n) is 15.2. The van der Waals surface area contributed by atoms with E-state index in [9.17, 15) is 4.79 Å². The summed E-state index contributed by atoms with van der Waals surface area (Å²) < 4.78 is 2.05. The van der Waals surface area contributed by atoms with Crippen molar-refractivity contribution in [2.75, 3.05) is 19.6 Å². The molecule has 1 saturated heterocycles. The van der Waals surface area contributed by atoms with Gasteiger partial charge in [-0.05, 0) is 57.3 Å². The van der Waals surface area contributed by atoms with Crippen LogP contribution in [-0.4, -0.2) is 40.1 Å². The molecule has 144 valence electrons. The van der Waals surface area contributed by atoms with Crippen molar-refractivity contribution >= 4 is 30.7 Å². The van der Waals surface area contributed by atoms with Gasteiger partial charge in [-0.1, -0.05) is 0 Å². The molecule has 1 aliphatic rings. The van der Waals surface area contributed by atoms with E-state index in [0.717, 1.165) is 43.0 Å². The second-order valence-electron chi connectivity index (χ2n) is 6.51. The first-order valence-electron chi connectivity index (χ1n) is 8.54. The van der Waals surface area contributed by atoms with E-state index in [1.807, 2.05) is 32.4 Å². The largest absolute Gasteiger partial charge is 0.350 e. The van der Waals surface area contributed by atoms with Gasteiger partial charge in [-0.3, -0.25) is 9.78 Å². The highest BCUT2D eigenvalue weighted by Gasteiger charge is 2.16. The summed E-state index contributed by atoms with van der Waals surface area (Å²) in [7, 11) is 0. The Balaban J connectivity index is 0.00000169. The van der Waals surface area contributed by atoms with Crippen LogP contribution in [0.1, 0.15) is 33.7 Å². The number of halogens is 2. The number of aryl methyl sites for hydroxylation is 1. The van der Waals surface area contributed by atoms with E-state index in [0.29, 0.717) is 18.0 Å². The van der Waals surface area contributed by atoms with Gasteiger partial charge in [0.15, 0.2) is 0 Å². The highest BCUT2D eigenvalue weighted by atomic mass is 35.5. The van der Waals surface area contributed by atoms with Crippen LogP contribution in [0.2, 0.25) is 0 Å². The minimum absolute atomic E-state index is 0. The van der Waals surface area contributed by atoms with Crippen LogP contribution in [0.15, 0.2) is 24.8 Å². The molecule has 2 aromatic rings. The summed E-state index contributed by atoms with van der Waals surface area (Å²) >= 11 is 0. The standard InChI is InChI=1S/C18H25N5O.2ClH/c1-13-14(2)23(12-22-13)6-5-21-18(24)17-8-16(10-20-11-17)7-15-3-4-19-9-15;;/h8,10-12,15,19H,3-7,9H2,1-2H3,(H,21,24);2*1H. The maximum Gasteiger partial charge on any atom is 0.252 e. The average molecular weight is 400 g/mol. The second-order valence-corrected chi connectivity index (χ2v) is 6.51. The van der Waals surface area contributed by atoms with Crippen LogP contribution in [0.5, 0.6) is 0 Å². The van der Waals surface area contributed by atoms with Crippen LogP contribution in [0.4, 0.5) is 0 Å². The Morgan fingerprint density at radius 2 is 2.15 bits per heavy atom. The van der Waals surface area contributed by atoms with Crippen molar-refractivity contribution in [2.45, 2.75) is 33.2 Å². The number of imidazole rings is 1. The summed E-state index contributed by atoms with van der Waals surface area (Å²) in [4.78, 5) is 20.8. The maximum absolute atomic E-state index is 12.3. The number of carbonyl (C=O) groups excluding carboxylic acids is 1. The molecule has 2 N–H and O–H groups in total. The van der Waals surface area contributed by atoms with Crippen LogP contribution in [0, 0.1) is 19.8 Å². The molecule has 2 aromatic heterocycles. The lowest BCUT2D eigenvalue weighted by Crippen LogP contribution is -2.27. The van der Waals surface area contributed by atoms with Crippen molar-refractivity contribution in [3.8, 4) is 0 Å². The number of hydrogen-bond acceptors (Lipinski definition) is 4. The molecule has 1 aliphatic heterocycles. The number of nitrogens with one attached hydrogen (secondary N) is 2. The molecule has 1 fully saturated rings. The first-order chi connectivity index (χ1) is 11.6. The molecule has 1 amide bonds. The molecular formula is C18H27Cl2N5O. The van der Waals surface area contributed by atoms with Gasteiger partial charge >= 0.3 is 0 Å². The van der Waals surface area contributed by atoms with Gasteiger partial charge in [0.2, 0.25) is 0 Å². The van der Waals surface area contributed by atoms with Gasteiger partial charge in [-0.2, -0.15) is 0 Å². The third kappa shape index (κ3) is 5.69. The summed E-state index contributed by atoms with van der Waals surface area (Å²) in [6, 6.07) is 1.97. The quantitative estimate of drug-likeness (QED) is 0.781. The third-order valence-corrected chi connectivity index (χ3v) is 4.73. The van der Waals surface area contributed by atoms with Crippen LogP contribution in [-0.2, 0) is 13.0 Å². The first-order valence-corrected chi connectivity index (χ1v) is 8.54. The Bertz CT molecular complexity index is 713. The number of nitrogens with zero attached hydrogens (tertiary/aromatic N) is 3. The molecule has 6 nitrogen and oxygen atoms in total. The van der Waals surface area contributed by atoms with E-state index in [4.69, 9.17) is 0 Å². The molecule has 0 bridgehead atoms. The Hall–Kier alpha value is -1.63. The number of pyridine rings is 1. The van der Waals surface area contributed by atoms with Gasteiger partial charge in [0.25, 0.3) is 5.91 Å². The summed E-state index contributed by atoms with van der Waals surface area (Å²) in [6.07, 6.45) is 7.49. The molecule has 0 aromatic carbocycles. The van der Waals surface area contributed by atoms with E-state index in [-0.39, 0.29) is 30.7 Å². The van der Waals surface area contributed by atoms with Crippen LogP contribution in [0.3, 0.4) is 0 Å². The fraction of sp³-hybridized carbons (Fsp3) is 0.500. The van der Waals surface area contributed by atoms with Crippen molar-refractivity contribution in [3.63, 3.8) is 0 Å². The molecule has 3 heterocycles. The molecule has 0 spiro atoms. The van der Waals surface area contributed by atoms with Crippen molar-refractivity contribution in [1.29, 1.82) is 0 Å². The van der Waals surface area contributed by atoms with Crippen LogP contribution >= 0.6 is 24.8 Å². The molecular weight excluding hydrogens is 373 g/mol. The summed E-state index contributed by atoms with van der Waals surface area (Å²) in [5.74, 6) is 0.584. The number of hydrogen-bond donors (Lipinski definition) is 2. The highest BCUT2D eigenvalue weighted by Crippen LogP contribution is 2.15. The molecule has 1 atom stereocenters. The summed E-state index contributed by atoms with van der Waals surface area (Å²) in [6.45, 7) is 7.47. The normalized spacial score (nSPS) is 15.8. The molecule has 26 heavy (non-hydrogen) atoms. The summed E-state index contributed by atoms with van der Waals surface area (Å²) in [5, 5.41) is 6.34. The predicted octanol–water partition coefficient (Wildman–Crippen LogP) is 2.32. The minimum atomic E-state index is -0.0663. The van der Waals surface area contributed by atoms with Crippen LogP contribution < -0.4 is 10.6 Å². The zero-order valence-corrected chi connectivity index (χ0v) is 16.8. The zero-order chi connectivity index (χ0) is 16.9. The smallest absolute Gasteiger partial charge is 0.252 e. The number of amides is 1. The van der Waals surface area contributed by atoms with Gasteiger partial charge in [-0.15, -0.1) is 24.8 Å². The van der Waals surface area contributed by atoms with Gasteiger partial charge in [0, 0.05) is 31.2 Å². The Kier molecular flexibility index (Phi) is 9.05. The van der Waals surface area contributed by atoms with Crippen molar-refractivity contribution in [2.24, 2.45) is 5.92 Å². The molecule has 0 aliphatic carbocycles. The topological polar surface area (TPSA) is 71.8 Å². The van der Waals surface area contributed by atoms with Crippen molar-refractivity contribution in [3.05, 3.63) is 47.3 Å². The lowest BCUT2D eigenvalue weighted by Gasteiger charge is -2.10. The predicted molar refractivity (Wildman–Crippen MR) is 107 cm³/mol. The Morgan fingerprint density at radius 1 is 1.35 bits per heavy atom. The molecule has 8 heteroatoms. The molecule has 1 unspecified atom stereocenters. The van der Waals surface area contributed by atoms with Crippen molar-refractivity contribution < 1.29 is 4.79 Å². The molecule has 0 saturated carbocycles. The highest BCUT2D eigenvalue weighted by molar-refractivity contribution is 5.93. The van der Waals surface area contributed by atoms with E-state index < -0.39 is 0 Å². The fourth-order valence-electron chi connectivity index (χ4n) is 3.11. The number of carbonyl (C=O) groups is 1. The van der Waals surface area contributed by atoms with Crippen LogP contribution in [0.25, 0.3) is 0 Å². The lowest BCUT2D eigenvalue weighted by atomic mass is 9.99. The van der Waals surface area contributed by atoms with Gasteiger partial charge in [0.05, 0.1) is 17.6 Å². The van der Waals surface area contributed by atoms with Gasteiger partial charge < -0.3 is 15.2 Å². The van der Waals surface area contributed by atoms with E-state index >= 15 is 0 Å². The Labute approximate surface area is 167 Å². The monoisotopic (exact) mass is 399 g/mol. The SMILES string of the molecule is Cc1ncn(CCNC(=O)c2cncc(CC3CCNC3)c2)c1C.Cl.Cl. The Morgan fingerprint density at radius 3 is 2.81 bits per heavy atom. The maximum atomic E-state index is 12.3. The van der Waals surface area contributed by atoms with Gasteiger partial charge in [0.1, 0.15) is 0 Å². The molecule has 3 rings (SSSR count). The second kappa shape index (κ2) is 10.5. The third-order valence-electron chi connectivity index (χ3n) is 4.73. The minimum Gasteiger partial charge on any atom is -0.350 e.